The number of phenolic OH excluding ortho intramolecular Hbond substituents is 1. The van der Waals surface area contributed by atoms with Gasteiger partial charge in [-0.3, -0.25) is 19.3 Å². The number of carbonyl (C=O) groups excluding carboxylic acids is 3. The molecule has 29 heavy (non-hydrogen) atoms. The zero-order valence-corrected chi connectivity index (χ0v) is 15.9. The lowest BCUT2D eigenvalue weighted by Gasteiger charge is -2.13. The molecule has 0 aromatic heterocycles. The zero-order valence-electron chi connectivity index (χ0n) is 15.1. The molecule has 2 heterocycles. The van der Waals surface area contributed by atoms with Gasteiger partial charge in [0.1, 0.15) is 5.75 Å². The monoisotopic (exact) mass is 412 g/mol. The minimum atomic E-state index is -0.481. The Balaban J connectivity index is 1.38. The van der Waals surface area contributed by atoms with Crippen molar-refractivity contribution in [3.05, 3.63) is 58.5 Å². The van der Waals surface area contributed by atoms with Gasteiger partial charge in [-0.15, -0.1) is 0 Å². The van der Waals surface area contributed by atoms with Gasteiger partial charge >= 0.3 is 0 Å². The van der Waals surface area contributed by atoms with E-state index < -0.39 is 17.1 Å². The number of benzene rings is 2. The molecule has 4 rings (SSSR count). The Hall–Kier alpha value is -3.46. The van der Waals surface area contributed by atoms with Gasteiger partial charge in [-0.25, -0.2) is 0 Å². The van der Waals surface area contributed by atoms with Gasteiger partial charge in [0.2, 0.25) is 6.79 Å². The van der Waals surface area contributed by atoms with Crippen LogP contribution in [0.25, 0.3) is 6.08 Å². The maximum atomic E-state index is 12.6. The first-order chi connectivity index (χ1) is 14.0. The molecule has 0 bridgehead atoms. The quantitative estimate of drug-likeness (QED) is 0.727. The normalized spacial score (nSPS) is 16.6. The Kier molecular flexibility index (Phi) is 5.13. The summed E-state index contributed by atoms with van der Waals surface area (Å²) in [6.45, 7) is 0.257. The molecule has 0 saturated carbocycles. The van der Waals surface area contributed by atoms with E-state index in [1.807, 2.05) is 0 Å². The van der Waals surface area contributed by atoms with Crippen LogP contribution in [0.4, 0.5) is 4.79 Å². The van der Waals surface area contributed by atoms with E-state index in [2.05, 4.69) is 5.32 Å². The van der Waals surface area contributed by atoms with E-state index in [9.17, 15) is 19.5 Å². The molecule has 8 nitrogen and oxygen atoms in total. The summed E-state index contributed by atoms with van der Waals surface area (Å²) in [4.78, 5) is 38.2. The fourth-order valence-corrected chi connectivity index (χ4v) is 3.75. The first-order valence-electron chi connectivity index (χ1n) is 8.74. The van der Waals surface area contributed by atoms with Crippen LogP contribution in [-0.2, 0) is 4.79 Å². The van der Waals surface area contributed by atoms with E-state index in [1.165, 1.54) is 12.1 Å². The molecule has 2 aromatic carbocycles. The lowest BCUT2D eigenvalue weighted by atomic mass is 10.2. The van der Waals surface area contributed by atoms with Crippen molar-refractivity contribution >= 4 is 34.9 Å². The molecule has 9 heteroatoms. The minimum Gasteiger partial charge on any atom is -0.507 e. The van der Waals surface area contributed by atoms with E-state index in [0.29, 0.717) is 22.0 Å². The number of imide groups is 1. The lowest BCUT2D eigenvalue weighted by Crippen LogP contribution is -2.37. The maximum absolute atomic E-state index is 12.6. The Morgan fingerprint density at radius 3 is 2.79 bits per heavy atom. The van der Waals surface area contributed by atoms with Gasteiger partial charge in [-0.2, -0.15) is 0 Å². The molecule has 0 radical (unpaired) electrons. The lowest BCUT2D eigenvalue weighted by molar-refractivity contribution is -0.122. The Morgan fingerprint density at radius 1 is 1.17 bits per heavy atom. The van der Waals surface area contributed by atoms with Crippen LogP contribution in [0.15, 0.2) is 47.4 Å². The van der Waals surface area contributed by atoms with Crippen molar-refractivity contribution in [1.29, 1.82) is 0 Å². The molecule has 1 saturated heterocycles. The number of fused-ring (bicyclic) bond motifs is 1. The summed E-state index contributed by atoms with van der Waals surface area (Å²) in [7, 11) is 0. The standard InChI is InChI=1S/C20H16N2O6S/c23-14-4-2-1-3-13(14)18(24)21-7-8-22-19(25)17(29-20(22)26)10-12-5-6-15-16(9-12)28-11-27-15/h1-6,9-10,23H,7-8,11H2,(H,21,24)/b17-10+. The topological polar surface area (TPSA) is 105 Å². The molecular formula is C20H16N2O6S. The molecule has 0 unspecified atom stereocenters. The molecule has 2 N–H and O–H groups in total. The average molecular weight is 412 g/mol. The van der Waals surface area contributed by atoms with E-state index >= 15 is 0 Å². The highest BCUT2D eigenvalue weighted by atomic mass is 32.2. The van der Waals surface area contributed by atoms with E-state index in [4.69, 9.17) is 9.47 Å². The number of aromatic hydroxyl groups is 1. The Morgan fingerprint density at radius 2 is 1.97 bits per heavy atom. The van der Waals surface area contributed by atoms with Crippen LogP contribution < -0.4 is 14.8 Å². The van der Waals surface area contributed by atoms with Gasteiger partial charge in [0.25, 0.3) is 17.1 Å². The Labute approximate surface area is 170 Å². The molecule has 148 valence electrons. The molecule has 0 spiro atoms. The summed E-state index contributed by atoms with van der Waals surface area (Å²) >= 11 is 0.841. The molecule has 2 aliphatic rings. The number of thioether (sulfide) groups is 1. The fraction of sp³-hybridized carbons (Fsp3) is 0.150. The summed E-state index contributed by atoms with van der Waals surface area (Å²) in [5, 5.41) is 11.9. The molecular weight excluding hydrogens is 396 g/mol. The summed E-state index contributed by atoms with van der Waals surface area (Å²) in [5.74, 6) is 0.184. The second kappa shape index (κ2) is 7.88. The van der Waals surface area contributed by atoms with Crippen LogP contribution in [0.3, 0.4) is 0 Å². The highest BCUT2D eigenvalue weighted by Crippen LogP contribution is 2.36. The maximum Gasteiger partial charge on any atom is 0.293 e. The van der Waals surface area contributed by atoms with Crippen molar-refractivity contribution in [3.8, 4) is 17.2 Å². The van der Waals surface area contributed by atoms with Gasteiger partial charge in [0.05, 0.1) is 10.5 Å². The number of para-hydroxylation sites is 1. The largest absolute Gasteiger partial charge is 0.507 e. The third-order valence-electron chi connectivity index (χ3n) is 4.34. The SMILES string of the molecule is O=C(NCCN1C(=O)S/C(=C/c2ccc3c(c2)OCO3)C1=O)c1ccccc1O. The second-order valence-electron chi connectivity index (χ2n) is 6.22. The van der Waals surface area contributed by atoms with Crippen molar-refractivity contribution in [2.24, 2.45) is 0 Å². The first-order valence-corrected chi connectivity index (χ1v) is 9.56. The average Bonchev–Trinajstić information content (AvgIpc) is 3.27. The molecule has 1 fully saturated rings. The number of phenols is 1. The summed E-state index contributed by atoms with van der Waals surface area (Å²) in [6, 6.07) is 11.4. The van der Waals surface area contributed by atoms with E-state index in [1.54, 1.807) is 36.4 Å². The smallest absolute Gasteiger partial charge is 0.293 e. The van der Waals surface area contributed by atoms with Crippen LogP contribution in [0.2, 0.25) is 0 Å². The first kappa shape index (κ1) is 18.9. The van der Waals surface area contributed by atoms with Crippen molar-refractivity contribution in [3.63, 3.8) is 0 Å². The van der Waals surface area contributed by atoms with Gasteiger partial charge in [-0.1, -0.05) is 18.2 Å². The molecule has 2 aliphatic heterocycles. The van der Waals surface area contributed by atoms with Crippen LogP contribution in [0, 0.1) is 0 Å². The second-order valence-corrected chi connectivity index (χ2v) is 7.21. The van der Waals surface area contributed by atoms with Crippen molar-refractivity contribution in [2.75, 3.05) is 19.9 Å². The molecule has 2 aromatic rings. The highest BCUT2D eigenvalue weighted by molar-refractivity contribution is 8.18. The van der Waals surface area contributed by atoms with Gasteiger partial charge in [-0.05, 0) is 47.7 Å². The summed E-state index contributed by atoms with van der Waals surface area (Å²) < 4.78 is 10.6. The number of nitrogens with one attached hydrogen (secondary N) is 1. The summed E-state index contributed by atoms with van der Waals surface area (Å²) in [5.41, 5.74) is 0.844. The fourth-order valence-electron chi connectivity index (χ4n) is 2.89. The minimum absolute atomic E-state index is 0.0302. The van der Waals surface area contributed by atoms with Crippen LogP contribution >= 0.6 is 11.8 Å². The van der Waals surface area contributed by atoms with Crippen LogP contribution in [0.1, 0.15) is 15.9 Å². The van der Waals surface area contributed by atoms with Crippen molar-refractivity contribution < 1.29 is 29.0 Å². The number of hydrogen-bond acceptors (Lipinski definition) is 7. The van der Waals surface area contributed by atoms with Crippen LogP contribution in [-0.4, -0.2) is 46.9 Å². The van der Waals surface area contributed by atoms with Crippen molar-refractivity contribution in [1.82, 2.24) is 10.2 Å². The Bertz CT molecular complexity index is 1040. The third kappa shape index (κ3) is 3.90. The zero-order chi connectivity index (χ0) is 20.4. The number of ether oxygens (including phenoxy) is 2. The van der Waals surface area contributed by atoms with E-state index in [-0.39, 0.29) is 31.2 Å². The van der Waals surface area contributed by atoms with Crippen LogP contribution in [0.5, 0.6) is 17.2 Å². The molecule has 0 aliphatic carbocycles. The number of nitrogens with zero attached hydrogens (tertiary/aromatic N) is 1. The molecule has 0 atom stereocenters. The third-order valence-corrected chi connectivity index (χ3v) is 5.25. The van der Waals surface area contributed by atoms with Gasteiger partial charge < -0.3 is 19.9 Å². The predicted octanol–water partition coefficient (Wildman–Crippen LogP) is 2.59. The number of carbonyl (C=O) groups is 3. The van der Waals surface area contributed by atoms with Gasteiger partial charge in [0.15, 0.2) is 11.5 Å². The number of rotatable bonds is 5. The summed E-state index contributed by atoms with van der Waals surface area (Å²) in [6.07, 6.45) is 1.62. The number of hydrogen-bond donors (Lipinski definition) is 2. The predicted molar refractivity (Wildman–Crippen MR) is 106 cm³/mol. The van der Waals surface area contributed by atoms with Crippen molar-refractivity contribution in [2.45, 2.75) is 0 Å². The highest BCUT2D eigenvalue weighted by Gasteiger charge is 2.34. The van der Waals surface area contributed by atoms with Gasteiger partial charge in [0, 0.05) is 13.1 Å². The number of amides is 3. The van der Waals surface area contributed by atoms with E-state index in [0.717, 1.165) is 16.7 Å². The molecule has 3 amide bonds.